The molecule has 0 aromatic heterocycles. The maximum atomic E-state index is 5.83. The van der Waals surface area contributed by atoms with Gasteiger partial charge in [0, 0.05) is 44.9 Å². The molecule has 5 nitrogen and oxygen atoms in total. The highest BCUT2D eigenvalue weighted by Gasteiger charge is 2.21. The first-order valence-electron chi connectivity index (χ1n) is 6.43. The van der Waals surface area contributed by atoms with Crippen LogP contribution in [0.1, 0.15) is 0 Å². The average molecular weight is 249 g/mol. The Hall–Kier alpha value is -1.62. The summed E-state index contributed by atoms with van der Waals surface area (Å²) in [5.74, 6) is 1.84. The first kappa shape index (κ1) is 11.5. The van der Waals surface area contributed by atoms with Crippen LogP contribution in [0.25, 0.3) is 0 Å². The second kappa shape index (κ2) is 4.94. The monoisotopic (exact) mass is 249 g/mol. The minimum atomic E-state index is 0.721. The van der Waals surface area contributed by atoms with Crippen molar-refractivity contribution in [3.63, 3.8) is 0 Å². The minimum Gasteiger partial charge on any atom is -0.497 e. The molecule has 0 spiro atoms. The number of ether oxygens (including phenoxy) is 2. The number of rotatable bonds is 2. The van der Waals surface area contributed by atoms with Gasteiger partial charge in [-0.25, -0.2) is 0 Å². The van der Waals surface area contributed by atoms with Crippen LogP contribution in [-0.2, 0) is 0 Å². The number of fused-ring (bicyclic) bond motifs is 1. The Morgan fingerprint density at radius 3 is 2.83 bits per heavy atom. The second-order valence-corrected chi connectivity index (χ2v) is 4.54. The lowest BCUT2D eigenvalue weighted by Crippen LogP contribution is -2.43. The van der Waals surface area contributed by atoms with Crippen molar-refractivity contribution < 1.29 is 9.47 Å². The van der Waals surface area contributed by atoms with Gasteiger partial charge in [-0.05, 0) is 0 Å². The molecule has 0 radical (unpaired) electrons. The molecule has 98 valence electrons. The minimum absolute atomic E-state index is 0.721. The van der Waals surface area contributed by atoms with E-state index in [9.17, 15) is 0 Å². The maximum Gasteiger partial charge on any atom is 0.166 e. The van der Waals surface area contributed by atoms with E-state index in [0.717, 1.165) is 62.2 Å². The summed E-state index contributed by atoms with van der Waals surface area (Å²) >= 11 is 0. The van der Waals surface area contributed by atoms with Gasteiger partial charge in [-0.2, -0.15) is 0 Å². The van der Waals surface area contributed by atoms with E-state index < -0.39 is 0 Å². The van der Waals surface area contributed by atoms with E-state index in [4.69, 9.17) is 9.47 Å². The average Bonchev–Trinajstić information content (AvgIpc) is 2.47. The molecule has 18 heavy (non-hydrogen) atoms. The molecule has 1 aromatic carbocycles. The lowest BCUT2D eigenvalue weighted by atomic mass is 10.2. The molecule has 1 fully saturated rings. The van der Waals surface area contributed by atoms with Crippen molar-refractivity contribution in [2.24, 2.45) is 0 Å². The van der Waals surface area contributed by atoms with Gasteiger partial charge in [-0.15, -0.1) is 0 Å². The van der Waals surface area contributed by atoms with Gasteiger partial charge in [0.25, 0.3) is 0 Å². The Morgan fingerprint density at radius 2 is 2.06 bits per heavy atom. The highest BCUT2D eigenvalue weighted by atomic mass is 16.5. The summed E-state index contributed by atoms with van der Waals surface area (Å²) in [5, 5.41) is 6.73. The van der Waals surface area contributed by atoms with Gasteiger partial charge in [-0.1, -0.05) is 0 Å². The number of piperazine rings is 1. The molecular weight excluding hydrogens is 230 g/mol. The number of nitrogens with zero attached hydrogens (tertiary/aromatic N) is 1. The van der Waals surface area contributed by atoms with Crippen molar-refractivity contribution in [3.05, 3.63) is 12.1 Å². The third-order valence-corrected chi connectivity index (χ3v) is 3.40. The zero-order chi connectivity index (χ0) is 12.4. The fourth-order valence-electron chi connectivity index (χ4n) is 2.47. The molecule has 0 amide bonds. The number of hydrogen-bond acceptors (Lipinski definition) is 5. The Balaban J connectivity index is 1.99. The summed E-state index contributed by atoms with van der Waals surface area (Å²) in [6.07, 6.45) is 0. The van der Waals surface area contributed by atoms with Gasteiger partial charge in [0.15, 0.2) is 5.75 Å². The molecule has 2 aliphatic rings. The number of anilines is 2. The molecule has 3 rings (SSSR count). The fraction of sp³-hybridized carbons (Fsp3) is 0.538. The zero-order valence-electron chi connectivity index (χ0n) is 10.7. The highest BCUT2D eigenvalue weighted by Crippen LogP contribution is 2.41. The van der Waals surface area contributed by atoms with Crippen LogP contribution in [0.3, 0.4) is 0 Å². The SMILES string of the molecule is COc1cc2c(c(N3CCNCC3)c1)OCCN2. The Labute approximate surface area is 107 Å². The summed E-state index contributed by atoms with van der Waals surface area (Å²) in [7, 11) is 1.70. The van der Waals surface area contributed by atoms with Crippen molar-refractivity contribution >= 4 is 11.4 Å². The van der Waals surface area contributed by atoms with E-state index in [-0.39, 0.29) is 0 Å². The quantitative estimate of drug-likeness (QED) is 0.815. The Bertz CT molecular complexity index is 430. The zero-order valence-corrected chi connectivity index (χ0v) is 10.7. The summed E-state index contributed by atoms with van der Waals surface area (Å²) in [6, 6.07) is 4.07. The van der Waals surface area contributed by atoms with Crippen LogP contribution in [0.4, 0.5) is 11.4 Å². The lowest BCUT2D eigenvalue weighted by Gasteiger charge is -2.33. The standard InChI is InChI=1S/C13H19N3O2/c1-17-10-8-11-13(18-7-4-15-11)12(9-10)16-5-2-14-3-6-16/h8-9,14-15H,2-7H2,1H3. The van der Waals surface area contributed by atoms with Crippen LogP contribution >= 0.6 is 0 Å². The van der Waals surface area contributed by atoms with Gasteiger partial charge >= 0.3 is 0 Å². The van der Waals surface area contributed by atoms with Crippen molar-refractivity contribution in [1.29, 1.82) is 0 Å². The van der Waals surface area contributed by atoms with E-state index in [1.807, 2.05) is 6.07 Å². The number of methoxy groups -OCH3 is 1. The van der Waals surface area contributed by atoms with Crippen molar-refractivity contribution in [3.8, 4) is 11.5 Å². The number of nitrogens with one attached hydrogen (secondary N) is 2. The Morgan fingerprint density at radius 1 is 1.22 bits per heavy atom. The Kier molecular flexibility index (Phi) is 3.15. The molecule has 0 aliphatic carbocycles. The van der Waals surface area contributed by atoms with E-state index in [1.54, 1.807) is 7.11 Å². The molecule has 1 saturated heterocycles. The highest BCUT2D eigenvalue weighted by molar-refractivity contribution is 5.75. The summed E-state index contributed by atoms with van der Waals surface area (Å²) in [4.78, 5) is 2.35. The topological polar surface area (TPSA) is 45.8 Å². The van der Waals surface area contributed by atoms with Gasteiger partial charge < -0.3 is 25.0 Å². The van der Waals surface area contributed by atoms with Gasteiger partial charge in [0.05, 0.1) is 18.5 Å². The summed E-state index contributed by atoms with van der Waals surface area (Å²) in [6.45, 7) is 5.60. The van der Waals surface area contributed by atoms with E-state index in [1.165, 1.54) is 0 Å². The molecule has 2 aliphatic heterocycles. The van der Waals surface area contributed by atoms with Crippen LogP contribution in [0.5, 0.6) is 11.5 Å². The molecule has 1 aromatic rings. The smallest absolute Gasteiger partial charge is 0.166 e. The largest absolute Gasteiger partial charge is 0.497 e. The summed E-state index contributed by atoms with van der Waals surface area (Å²) < 4.78 is 11.2. The molecule has 2 N–H and O–H groups in total. The number of hydrogen-bond donors (Lipinski definition) is 2. The molecule has 5 heteroatoms. The molecule has 2 heterocycles. The predicted molar refractivity (Wildman–Crippen MR) is 72.1 cm³/mol. The second-order valence-electron chi connectivity index (χ2n) is 4.54. The van der Waals surface area contributed by atoms with E-state index in [2.05, 4.69) is 21.6 Å². The van der Waals surface area contributed by atoms with Crippen LogP contribution in [-0.4, -0.2) is 46.4 Å². The third kappa shape index (κ3) is 2.06. The van der Waals surface area contributed by atoms with Crippen molar-refractivity contribution in [2.75, 3.05) is 56.7 Å². The first-order chi connectivity index (χ1) is 8.88. The molecular formula is C13H19N3O2. The lowest BCUT2D eigenvalue weighted by molar-refractivity contribution is 0.322. The van der Waals surface area contributed by atoms with Crippen LogP contribution in [0.2, 0.25) is 0 Å². The van der Waals surface area contributed by atoms with Crippen LogP contribution < -0.4 is 25.0 Å². The van der Waals surface area contributed by atoms with Gasteiger partial charge in [0.2, 0.25) is 0 Å². The van der Waals surface area contributed by atoms with Crippen LogP contribution in [0, 0.1) is 0 Å². The number of benzene rings is 1. The maximum absolute atomic E-state index is 5.83. The predicted octanol–water partition coefficient (Wildman–Crippen LogP) is 0.909. The third-order valence-electron chi connectivity index (χ3n) is 3.40. The molecule has 0 unspecified atom stereocenters. The molecule has 0 bridgehead atoms. The molecule has 0 saturated carbocycles. The first-order valence-corrected chi connectivity index (χ1v) is 6.43. The van der Waals surface area contributed by atoms with Crippen molar-refractivity contribution in [2.45, 2.75) is 0 Å². The molecule has 0 atom stereocenters. The van der Waals surface area contributed by atoms with E-state index >= 15 is 0 Å². The van der Waals surface area contributed by atoms with Crippen LogP contribution in [0.15, 0.2) is 12.1 Å². The van der Waals surface area contributed by atoms with Crippen molar-refractivity contribution in [1.82, 2.24) is 5.32 Å². The fourth-order valence-corrected chi connectivity index (χ4v) is 2.47. The summed E-state index contributed by atoms with van der Waals surface area (Å²) in [5.41, 5.74) is 2.17. The normalized spacial score (nSPS) is 18.6. The van der Waals surface area contributed by atoms with Gasteiger partial charge in [-0.3, -0.25) is 0 Å². The van der Waals surface area contributed by atoms with E-state index in [0.29, 0.717) is 0 Å². The van der Waals surface area contributed by atoms with Gasteiger partial charge in [0.1, 0.15) is 12.4 Å².